The highest BCUT2D eigenvalue weighted by atomic mass is 32.2. The molecule has 1 aliphatic carbocycles. The lowest BCUT2D eigenvalue weighted by Gasteiger charge is -2.32. The zero-order valence-corrected chi connectivity index (χ0v) is 21.7. The molecule has 2 amide bonds. The number of nitriles is 1. The molecule has 1 heterocycles. The van der Waals surface area contributed by atoms with Crippen molar-refractivity contribution in [1.82, 2.24) is 15.2 Å². The van der Waals surface area contributed by atoms with E-state index < -0.39 is 22.0 Å². The van der Waals surface area contributed by atoms with Gasteiger partial charge in [-0.2, -0.15) is 5.26 Å². The van der Waals surface area contributed by atoms with Gasteiger partial charge in [0.1, 0.15) is 11.7 Å². The minimum Gasteiger partial charge on any atom is -0.347 e. The molecule has 1 aliphatic rings. The number of hydrogen-bond acceptors (Lipinski definition) is 5. The van der Waals surface area contributed by atoms with Gasteiger partial charge in [-0.05, 0) is 42.7 Å². The van der Waals surface area contributed by atoms with Gasteiger partial charge in [-0.1, -0.05) is 43.2 Å². The van der Waals surface area contributed by atoms with E-state index in [2.05, 4.69) is 21.4 Å². The Hall–Kier alpha value is -3.84. The molecule has 3 unspecified atom stereocenters. The van der Waals surface area contributed by atoms with Crippen LogP contribution in [0.4, 0.5) is 5.69 Å². The number of benzene rings is 2. The molecule has 0 radical (unpaired) electrons. The van der Waals surface area contributed by atoms with Crippen LogP contribution in [0.15, 0.2) is 54.6 Å². The van der Waals surface area contributed by atoms with Crippen molar-refractivity contribution in [3.63, 3.8) is 0 Å². The van der Waals surface area contributed by atoms with E-state index in [4.69, 9.17) is 0 Å². The predicted octanol–water partition coefficient (Wildman–Crippen LogP) is 3.09. The Morgan fingerprint density at radius 3 is 2.49 bits per heavy atom. The number of rotatable bonds is 8. The van der Waals surface area contributed by atoms with Crippen molar-refractivity contribution in [3.05, 3.63) is 65.9 Å². The van der Waals surface area contributed by atoms with Crippen LogP contribution in [0.3, 0.4) is 0 Å². The summed E-state index contributed by atoms with van der Waals surface area (Å²) in [5.74, 6) is -0.892. The van der Waals surface area contributed by atoms with Crippen LogP contribution in [0.2, 0.25) is 0 Å². The third-order valence-corrected chi connectivity index (χ3v) is 7.38. The molecule has 4 rings (SSSR count). The smallest absolute Gasteiger partial charge is 0.268 e. The van der Waals surface area contributed by atoms with Crippen LogP contribution in [0.5, 0.6) is 0 Å². The number of sulfonamides is 1. The Balaban J connectivity index is 1.40. The van der Waals surface area contributed by atoms with Crippen molar-refractivity contribution in [2.75, 3.05) is 11.0 Å². The lowest BCUT2D eigenvalue weighted by molar-refractivity contribution is -0.127. The average molecular weight is 522 g/mol. The first-order valence-corrected chi connectivity index (χ1v) is 14.2. The minimum absolute atomic E-state index is 0.219. The molecule has 1 fully saturated rings. The Morgan fingerprint density at radius 1 is 1.11 bits per heavy atom. The summed E-state index contributed by atoms with van der Waals surface area (Å²) in [5, 5.41) is 16.6. The maximum atomic E-state index is 13.2. The quantitative estimate of drug-likeness (QED) is 0.419. The molecule has 9 nitrogen and oxygen atoms in total. The molecule has 2 aromatic carbocycles. The highest BCUT2D eigenvalue weighted by Gasteiger charge is 2.33. The molecular weight excluding hydrogens is 490 g/mol. The second kappa shape index (κ2) is 11.0. The minimum atomic E-state index is -3.38. The lowest BCUT2D eigenvalue weighted by atomic mass is 9.83. The number of carbonyl (C=O) groups is 2. The second-order valence-corrected chi connectivity index (χ2v) is 11.3. The van der Waals surface area contributed by atoms with Crippen LogP contribution in [0, 0.1) is 17.2 Å². The highest BCUT2D eigenvalue weighted by molar-refractivity contribution is 7.92. The monoisotopic (exact) mass is 521 g/mol. The third kappa shape index (κ3) is 6.49. The number of nitrogens with zero attached hydrogens (tertiary/aromatic N) is 2. The summed E-state index contributed by atoms with van der Waals surface area (Å²) in [4.78, 5) is 26.4. The summed E-state index contributed by atoms with van der Waals surface area (Å²) in [5.41, 5.74) is 2.71. The summed E-state index contributed by atoms with van der Waals surface area (Å²) >= 11 is 0. The van der Waals surface area contributed by atoms with Crippen molar-refractivity contribution in [2.24, 2.45) is 13.0 Å². The fraction of sp³-hybridized carbons (Fsp3) is 0.370. The van der Waals surface area contributed by atoms with Crippen LogP contribution < -0.4 is 15.4 Å². The van der Waals surface area contributed by atoms with Gasteiger partial charge in [-0.15, -0.1) is 0 Å². The molecule has 0 spiro atoms. The van der Waals surface area contributed by atoms with Gasteiger partial charge in [0.05, 0.1) is 18.2 Å². The first kappa shape index (κ1) is 26.2. The highest BCUT2D eigenvalue weighted by Crippen LogP contribution is 2.26. The van der Waals surface area contributed by atoms with Gasteiger partial charge in [-0.25, -0.2) is 8.42 Å². The van der Waals surface area contributed by atoms with Crippen LogP contribution >= 0.6 is 0 Å². The zero-order valence-electron chi connectivity index (χ0n) is 20.9. The van der Waals surface area contributed by atoms with Crippen molar-refractivity contribution in [1.29, 1.82) is 5.26 Å². The maximum Gasteiger partial charge on any atom is 0.268 e. The normalized spacial score (nSPS) is 18.5. The first-order chi connectivity index (χ1) is 17.6. The van der Waals surface area contributed by atoms with Gasteiger partial charge >= 0.3 is 0 Å². The van der Waals surface area contributed by atoms with Crippen LogP contribution in [0.25, 0.3) is 10.9 Å². The van der Waals surface area contributed by atoms with E-state index in [-0.39, 0.29) is 24.3 Å². The van der Waals surface area contributed by atoms with Crippen molar-refractivity contribution in [3.8, 4) is 6.07 Å². The Kier molecular flexibility index (Phi) is 7.83. The predicted molar refractivity (Wildman–Crippen MR) is 142 cm³/mol. The molecule has 3 aromatic rings. The van der Waals surface area contributed by atoms with Crippen molar-refractivity contribution < 1.29 is 18.0 Å². The van der Waals surface area contributed by atoms with Gasteiger partial charge in [0.25, 0.3) is 5.91 Å². The largest absolute Gasteiger partial charge is 0.347 e. The van der Waals surface area contributed by atoms with Gasteiger partial charge < -0.3 is 15.2 Å². The second-order valence-electron chi connectivity index (χ2n) is 9.58. The first-order valence-electron chi connectivity index (χ1n) is 12.3. The SMILES string of the molecule is Cn1c(C(=O)NC2CCCCC2C(=O)NC(C#N)Cc2ccc(NS(C)(=O)=O)cc2)cc2ccccc21. The van der Waals surface area contributed by atoms with Crippen molar-refractivity contribution in [2.45, 2.75) is 44.2 Å². The topological polar surface area (TPSA) is 133 Å². The maximum absolute atomic E-state index is 13.2. The Labute approximate surface area is 216 Å². The number of amides is 2. The fourth-order valence-corrected chi connectivity index (χ4v) is 5.50. The molecule has 3 N–H and O–H groups in total. The van der Waals surface area contributed by atoms with E-state index >= 15 is 0 Å². The lowest BCUT2D eigenvalue weighted by Crippen LogP contribution is -2.50. The fourth-order valence-electron chi connectivity index (χ4n) is 4.93. The molecule has 0 bridgehead atoms. The zero-order chi connectivity index (χ0) is 26.6. The van der Waals surface area contributed by atoms with Crippen LogP contribution in [0.1, 0.15) is 41.7 Å². The van der Waals surface area contributed by atoms with E-state index in [1.54, 1.807) is 24.3 Å². The molecule has 37 heavy (non-hydrogen) atoms. The number of aromatic nitrogens is 1. The number of anilines is 1. The Morgan fingerprint density at radius 2 is 1.81 bits per heavy atom. The Bertz CT molecular complexity index is 1440. The molecule has 194 valence electrons. The van der Waals surface area contributed by atoms with Gasteiger partial charge in [0, 0.05) is 36.1 Å². The summed E-state index contributed by atoms with van der Waals surface area (Å²) in [6.07, 6.45) is 4.48. The number of para-hydroxylation sites is 1. The van der Waals surface area contributed by atoms with E-state index in [1.165, 1.54) is 0 Å². The molecular formula is C27H31N5O4S. The molecule has 1 aromatic heterocycles. The number of hydrogen-bond donors (Lipinski definition) is 3. The summed E-state index contributed by atoms with van der Waals surface area (Å²) in [7, 11) is -1.53. The third-order valence-electron chi connectivity index (χ3n) is 6.77. The number of aryl methyl sites for hydroxylation is 1. The van der Waals surface area contributed by atoms with Gasteiger partial charge in [0.2, 0.25) is 15.9 Å². The van der Waals surface area contributed by atoms with Crippen LogP contribution in [-0.2, 0) is 28.3 Å². The summed E-state index contributed by atoms with van der Waals surface area (Å²) in [6, 6.07) is 17.4. The summed E-state index contributed by atoms with van der Waals surface area (Å²) in [6.45, 7) is 0. The van der Waals surface area contributed by atoms with Crippen LogP contribution in [-0.4, -0.2) is 43.1 Å². The van der Waals surface area contributed by atoms with E-state index in [9.17, 15) is 23.3 Å². The van der Waals surface area contributed by atoms with E-state index in [0.29, 0.717) is 24.2 Å². The molecule has 10 heteroatoms. The standard InChI is InChI=1S/C27H31N5O4S/c1-32-24-10-6-3-7-19(24)16-25(32)27(34)30-23-9-5-4-8-22(23)26(33)29-21(17-28)15-18-11-13-20(14-12-18)31-37(2,35)36/h3,6-7,10-14,16,21-23,31H,4-5,8-9,15H2,1-2H3,(H,29,33)(H,30,34). The average Bonchev–Trinajstić information content (AvgIpc) is 3.21. The summed E-state index contributed by atoms with van der Waals surface area (Å²) < 4.78 is 27.0. The molecule has 3 atom stereocenters. The van der Waals surface area contributed by atoms with E-state index in [0.717, 1.165) is 35.6 Å². The molecule has 0 aliphatic heterocycles. The number of fused-ring (bicyclic) bond motifs is 1. The van der Waals surface area contributed by atoms with Crippen molar-refractivity contribution >= 4 is 38.4 Å². The number of carbonyl (C=O) groups excluding carboxylic acids is 2. The van der Waals surface area contributed by atoms with E-state index in [1.807, 2.05) is 41.9 Å². The molecule has 0 saturated heterocycles. The molecule has 1 saturated carbocycles. The number of nitrogens with one attached hydrogen (secondary N) is 3. The van der Waals surface area contributed by atoms with Gasteiger partial charge in [-0.3, -0.25) is 14.3 Å². The van der Waals surface area contributed by atoms with Gasteiger partial charge in [0.15, 0.2) is 0 Å².